The molecule has 2 aromatic carbocycles. The number of Topliss-reactive ketones (excluding diaryl/α,β-unsaturated/α-hetero) is 1. The highest BCUT2D eigenvalue weighted by atomic mass is 31.2. The predicted molar refractivity (Wildman–Crippen MR) is 125 cm³/mol. The van der Waals surface area contributed by atoms with Gasteiger partial charge in [-0.05, 0) is 61.8 Å². The topological polar surface area (TPSA) is 26.3 Å². The van der Waals surface area contributed by atoms with Crippen molar-refractivity contribution in [3.05, 3.63) is 60.7 Å². The van der Waals surface area contributed by atoms with E-state index in [1.54, 1.807) is 6.92 Å². The lowest BCUT2D eigenvalue weighted by Crippen LogP contribution is -2.38. The molecule has 0 N–H and O–H groups in total. The van der Waals surface area contributed by atoms with Crippen LogP contribution in [0.1, 0.15) is 53.4 Å². The van der Waals surface area contributed by atoms with Gasteiger partial charge in [-0.1, -0.05) is 63.6 Å². The maximum Gasteiger partial charge on any atom is 0.210 e. The van der Waals surface area contributed by atoms with Crippen LogP contribution in [0, 0.1) is 17.8 Å². The Morgan fingerprint density at radius 1 is 1.00 bits per heavy atom. The minimum absolute atomic E-state index is 0.238. The van der Waals surface area contributed by atoms with Crippen LogP contribution in [-0.4, -0.2) is 18.0 Å². The van der Waals surface area contributed by atoms with Crippen LogP contribution in [0.25, 0.3) is 0 Å². The molecule has 0 amide bonds. The summed E-state index contributed by atoms with van der Waals surface area (Å²) in [6, 6.07) is 21.4. The molecule has 2 aromatic rings. The van der Waals surface area contributed by atoms with Crippen LogP contribution in [0.3, 0.4) is 0 Å². The molecule has 29 heavy (non-hydrogen) atoms. The van der Waals surface area contributed by atoms with E-state index in [9.17, 15) is 4.79 Å². The maximum absolute atomic E-state index is 12.0. The minimum atomic E-state index is -2.15. The van der Waals surface area contributed by atoms with Crippen LogP contribution < -0.4 is 10.6 Å². The molecule has 0 heterocycles. The summed E-state index contributed by atoms with van der Waals surface area (Å²) in [5.74, 6) is 2.11. The van der Waals surface area contributed by atoms with E-state index in [-0.39, 0.29) is 11.9 Å². The van der Waals surface area contributed by atoms with E-state index in [1.807, 2.05) is 0 Å². The summed E-state index contributed by atoms with van der Waals surface area (Å²) in [6.07, 6.45) is 5.24. The van der Waals surface area contributed by atoms with Crippen molar-refractivity contribution >= 4 is 23.9 Å². The fourth-order valence-electron chi connectivity index (χ4n) is 4.70. The van der Waals surface area contributed by atoms with Gasteiger partial charge >= 0.3 is 0 Å². The van der Waals surface area contributed by atoms with Gasteiger partial charge in [-0.15, -0.1) is 0 Å². The molecule has 1 fully saturated rings. The molecule has 0 unspecified atom stereocenters. The molecule has 1 aliphatic rings. The average Bonchev–Trinajstić information content (AvgIpc) is 2.72. The molecule has 0 aromatic heterocycles. The van der Waals surface area contributed by atoms with E-state index in [0.29, 0.717) is 24.2 Å². The van der Waals surface area contributed by atoms with Gasteiger partial charge in [0.25, 0.3) is 0 Å². The first-order valence-electron chi connectivity index (χ1n) is 11.1. The van der Waals surface area contributed by atoms with Crippen LogP contribution >= 0.6 is 7.49 Å². The Balaban J connectivity index is 2.08. The highest BCUT2D eigenvalue weighted by Crippen LogP contribution is 2.61. The van der Waals surface area contributed by atoms with E-state index in [4.69, 9.17) is 4.52 Å². The standard InChI is InChI=1S/C26H36O2P/c1-20(2)25-16-15-21(3)19-26(25)28-29(18-17-22(4)27,23-11-7-5-8-12-23)24-13-9-6-10-14-24/h5-14,20-21,25-26H,15-19H2,1-4H3/q+1/t21-,25+,26-/m1/s1. The molecular weight excluding hydrogens is 375 g/mol. The molecule has 3 atom stereocenters. The highest BCUT2D eigenvalue weighted by molar-refractivity contribution is 7.85. The van der Waals surface area contributed by atoms with Crippen molar-refractivity contribution in [1.82, 2.24) is 0 Å². The van der Waals surface area contributed by atoms with Gasteiger partial charge in [-0.25, -0.2) is 4.52 Å². The van der Waals surface area contributed by atoms with Gasteiger partial charge in [0.15, 0.2) is 0 Å². The molecule has 2 nitrogen and oxygen atoms in total. The Labute approximate surface area is 177 Å². The fraction of sp³-hybridized carbons (Fsp3) is 0.500. The van der Waals surface area contributed by atoms with E-state index in [2.05, 4.69) is 81.4 Å². The van der Waals surface area contributed by atoms with Crippen molar-refractivity contribution < 1.29 is 9.32 Å². The van der Waals surface area contributed by atoms with E-state index in [1.165, 1.54) is 23.5 Å². The van der Waals surface area contributed by atoms with Crippen LogP contribution in [0.2, 0.25) is 0 Å². The molecule has 0 radical (unpaired) electrons. The Morgan fingerprint density at radius 3 is 2.03 bits per heavy atom. The van der Waals surface area contributed by atoms with Crippen molar-refractivity contribution in [2.24, 2.45) is 17.8 Å². The van der Waals surface area contributed by atoms with Crippen molar-refractivity contribution in [1.29, 1.82) is 0 Å². The lowest BCUT2D eigenvalue weighted by atomic mass is 9.75. The molecule has 1 saturated carbocycles. The van der Waals surface area contributed by atoms with Crippen LogP contribution in [-0.2, 0) is 9.32 Å². The monoisotopic (exact) mass is 411 g/mol. The zero-order valence-corrected chi connectivity index (χ0v) is 19.3. The van der Waals surface area contributed by atoms with Gasteiger partial charge in [0.1, 0.15) is 28.7 Å². The van der Waals surface area contributed by atoms with Crippen molar-refractivity contribution in [2.75, 3.05) is 6.16 Å². The normalized spacial score (nSPS) is 22.6. The molecule has 3 heteroatoms. The second-order valence-corrected chi connectivity index (χ2v) is 12.2. The van der Waals surface area contributed by atoms with Gasteiger partial charge in [-0.2, -0.15) is 0 Å². The number of carbonyl (C=O) groups excluding carboxylic acids is 1. The minimum Gasteiger partial charge on any atom is -0.300 e. The fourth-order valence-corrected chi connectivity index (χ4v) is 8.51. The van der Waals surface area contributed by atoms with Crippen molar-refractivity contribution in [2.45, 2.75) is 59.5 Å². The Kier molecular flexibility index (Phi) is 7.66. The van der Waals surface area contributed by atoms with E-state index >= 15 is 0 Å². The number of ketones is 1. The highest BCUT2D eigenvalue weighted by Gasteiger charge is 2.49. The van der Waals surface area contributed by atoms with E-state index < -0.39 is 7.49 Å². The lowest BCUT2D eigenvalue weighted by molar-refractivity contribution is -0.116. The number of rotatable bonds is 8. The number of benzene rings is 2. The summed E-state index contributed by atoms with van der Waals surface area (Å²) in [5, 5.41) is 2.52. The molecule has 0 aliphatic heterocycles. The number of hydrogen-bond acceptors (Lipinski definition) is 2. The van der Waals surface area contributed by atoms with E-state index in [0.717, 1.165) is 12.6 Å². The molecular formula is C26H36O2P+. The summed E-state index contributed by atoms with van der Waals surface area (Å²) >= 11 is 0. The van der Waals surface area contributed by atoms with Crippen LogP contribution in [0.15, 0.2) is 60.7 Å². The van der Waals surface area contributed by atoms with Gasteiger partial charge in [0.05, 0.1) is 0 Å². The van der Waals surface area contributed by atoms with Crippen LogP contribution in [0.4, 0.5) is 0 Å². The van der Waals surface area contributed by atoms with Crippen LogP contribution in [0.5, 0.6) is 0 Å². The third-order valence-electron chi connectivity index (χ3n) is 6.40. The average molecular weight is 412 g/mol. The zero-order valence-electron chi connectivity index (χ0n) is 18.4. The first-order valence-corrected chi connectivity index (χ1v) is 13.0. The number of hydrogen-bond donors (Lipinski definition) is 0. The smallest absolute Gasteiger partial charge is 0.210 e. The van der Waals surface area contributed by atoms with Crippen molar-refractivity contribution in [3.8, 4) is 0 Å². The number of carbonyl (C=O) groups is 1. The molecule has 0 bridgehead atoms. The molecule has 0 saturated heterocycles. The van der Waals surface area contributed by atoms with Crippen molar-refractivity contribution in [3.63, 3.8) is 0 Å². The molecule has 3 rings (SSSR count). The summed E-state index contributed by atoms with van der Waals surface area (Å²) in [4.78, 5) is 12.0. The van der Waals surface area contributed by atoms with Gasteiger partial charge in [0, 0.05) is 6.42 Å². The third-order valence-corrected chi connectivity index (χ3v) is 10.2. The summed E-state index contributed by atoms with van der Waals surface area (Å²) in [7, 11) is -2.15. The lowest BCUT2D eigenvalue weighted by Gasteiger charge is -2.39. The largest absolute Gasteiger partial charge is 0.300 e. The molecule has 0 spiro atoms. The first-order chi connectivity index (χ1) is 13.9. The Hall–Kier alpha value is -1.50. The second kappa shape index (κ2) is 10.0. The predicted octanol–water partition coefficient (Wildman–Crippen LogP) is 6.03. The summed E-state index contributed by atoms with van der Waals surface area (Å²) in [6.45, 7) is 8.72. The SMILES string of the molecule is CC(=O)CC[P+](O[C@@H]1C[C@H](C)CC[C@H]1C(C)C)(c1ccccc1)c1ccccc1. The molecule has 1 aliphatic carbocycles. The quantitative estimate of drug-likeness (QED) is 0.496. The Bertz CT molecular complexity index is 732. The van der Waals surface area contributed by atoms with Gasteiger partial charge in [-0.3, -0.25) is 4.79 Å². The summed E-state index contributed by atoms with van der Waals surface area (Å²) < 4.78 is 7.30. The zero-order chi connectivity index (χ0) is 20.9. The Morgan fingerprint density at radius 2 is 1.55 bits per heavy atom. The second-order valence-electron chi connectivity index (χ2n) is 9.06. The third kappa shape index (κ3) is 5.36. The van der Waals surface area contributed by atoms with Gasteiger partial charge in [0.2, 0.25) is 7.49 Å². The maximum atomic E-state index is 12.0. The molecule has 156 valence electrons. The summed E-state index contributed by atoms with van der Waals surface area (Å²) in [5.41, 5.74) is 0. The van der Waals surface area contributed by atoms with Gasteiger partial charge < -0.3 is 0 Å². The first kappa shape index (κ1) is 22.2.